The van der Waals surface area contributed by atoms with Gasteiger partial charge in [0.05, 0.1) is 18.1 Å². The Balaban J connectivity index is 2.44. The third-order valence-electron chi connectivity index (χ3n) is 2.11. The Morgan fingerprint density at radius 3 is 2.80 bits per heavy atom. The molecule has 1 aromatic heterocycles. The van der Waals surface area contributed by atoms with Crippen LogP contribution in [0.2, 0.25) is 0 Å². The fourth-order valence-corrected chi connectivity index (χ4v) is 1.46. The summed E-state index contributed by atoms with van der Waals surface area (Å²) in [6.45, 7) is 1.39. The molecule has 4 nitrogen and oxygen atoms in total. The lowest BCUT2D eigenvalue weighted by Gasteiger charge is -1.99. The number of fused-ring (bicyclic) bond motifs is 1. The molecule has 0 fully saturated rings. The number of carbonyl (C=O) groups excluding carboxylic acids is 2. The van der Waals surface area contributed by atoms with Gasteiger partial charge < -0.3 is 0 Å². The largest absolute Gasteiger partial charge is 0.299 e. The quantitative estimate of drug-likeness (QED) is 0.696. The number of carbonyl (C=O) groups is 2. The average Bonchev–Trinajstić information content (AvgIpc) is 2.59. The van der Waals surface area contributed by atoms with E-state index in [4.69, 9.17) is 0 Å². The first kappa shape index (κ1) is 9.58. The molecule has 2 rings (SSSR count). The highest BCUT2D eigenvalue weighted by molar-refractivity contribution is 6.01. The van der Waals surface area contributed by atoms with Gasteiger partial charge in [-0.15, -0.1) is 0 Å². The SMILES string of the molecule is CC(=O)CC(=O)n1ncc2ccccc21. The molecule has 0 amide bonds. The Hall–Kier alpha value is -1.97. The van der Waals surface area contributed by atoms with Crippen molar-refractivity contribution in [2.45, 2.75) is 13.3 Å². The molecule has 0 spiro atoms. The molecule has 76 valence electrons. The number of aromatic nitrogens is 2. The Labute approximate surface area is 86.5 Å². The van der Waals surface area contributed by atoms with Crippen molar-refractivity contribution in [2.75, 3.05) is 0 Å². The van der Waals surface area contributed by atoms with Crippen LogP contribution < -0.4 is 0 Å². The Kier molecular flexibility index (Phi) is 2.33. The first-order chi connectivity index (χ1) is 7.18. The first-order valence-corrected chi connectivity index (χ1v) is 4.64. The molecule has 0 saturated heterocycles. The second kappa shape index (κ2) is 3.65. The van der Waals surface area contributed by atoms with E-state index in [2.05, 4.69) is 5.10 Å². The summed E-state index contributed by atoms with van der Waals surface area (Å²) in [4.78, 5) is 22.4. The number of para-hydroxylation sites is 1. The van der Waals surface area contributed by atoms with E-state index in [1.165, 1.54) is 11.6 Å². The number of benzene rings is 1. The van der Waals surface area contributed by atoms with Gasteiger partial charge in [0.15, 0.2) is 0 Å². The van der Waals surface area contributed by atoms with E-state index in [0.29, 0.717) is 0 Å². The van der Waals surface area contributed by atoms with Crippen LogP contribution in [-0.4, -0.2) is 21.5 Å². The maximum absolute atomic E-state index is 11.6. The van der Waals surface area contributed by atoms with Crippen LogP contribution in [-0.2, 0) is 4.79 Å². The molecule has 0 unspecified atom stereocenters. The van der Waals surface area contributed by atoms with E-state index >= 15 is 0 Å². The van der Waals surface area contributed by atoms with Gasteiger partial charge in [-0.05, 0) is 13.0 Å². The third kappa shape index (κ3) is 1.79. The van der Waals surface area contributed by atoms with Crippen LogP contribution in [0.5, 0.6) is 0 Å². The van der Waals surface area contributed by atoms with E-state index in [-0.39, 0.29) is 18.1 Å². The molecule has 0 bridgehead atoms. The minimum absolute atomic E-state index is 0.105. The van der Waals surface area contributed by atoms with Gasteiger partial charge in [0.1, 0.15) is 5.78 Å². The minimum Gasteiger partial charge on any atom is -0.299 e. The monoisotopic (exact) mass is 202 g/mol. The van der Waals surface area contributed by atoms with E-state index in [9.17, 15) is 9.59 Å². The number of ketones is 1. The van der Waals surface area contributed by atoms with Crippen LogP contribution in [0.4, 0.5) is 0 Å². The van der Waals surface area contributed by atoms with Crippen molar-refractivity contribution in [1.29, 1.82) is 0 Å². The first-order valence-electron chi connectivity index (χ1n) is 4.64. The molecule has 0 aliphatic heterocycles. The van der Waals surface area contributed by atoms with Crippen molar-refractivity contribution in [1.82, 2.24) is 9.78 Å². The number of Topliss-reactive ketones (excluding diaryl/α,β-unsaturated/α-hetero) is 1. The summed E-state index contributed by atoms with van der Waals surface area (Å²) < 4.78 is 1.27. The van der Waals surface area contributed by atoms with Crippen molar-refractivity contribution in [2.24, 2.45) is 0 Å². The molecule has 0 saturated carbocycles. The molecule has 2 aromatic rings. The second-order valence-corrected chi connectivity index (χ2v) is 3.39. The predicted octanol–water partition coefficient (Wildman–Crippen LogP) is 1.66. The Bertz CT molecular complexity index is 528. The van der Waals surface area contributed by atoms with Gasteiger partial charge in [0.2, 0.25) is 0 Å². The summed E-state index contributed by atoms with van der Waals surface area (Å²) >= 11 is 0. The number of hydrogen-bond acceptors (Lipinski definition) is 3. The van der Waals surface area contributed by atoms with E-state index in [0.717, 1.165) is 10.9 Å². The second-order valence-electron chi connectivity index (χ2n) is 3.39. The standard InChI is InChI=1S/C11H10N2O2/c1-8(14)6-11(15)13-10-5-3-2-4-9(10)7-12-13/h2-5,7H,6H2,1H3. The van der Waals surface area contributed by atoms with Gasteiger partial charge in [0, 0.05) is 5.39 Å². The van der Waals surface area contributed by atoms with Gasteiger partial charge in [-0.1, -0.05) is 18.2 Å². The lowest BCUT2D eigenvalue weighted by Crippen LogP contribution is -2.14. The fourth-order valence-electron chi connectivity index (χ4n) is 1.46. The zero-order chi connectivity index (χ0) is 10.8. The normalized spacial score (nSPS) is 10.5. The fraction of sp³-hybridized carbons (Fsp3) is 0.182. The Morgan fingerprint density at radius 1 is 1.33 bits per heavy atom. The van der Waals surface area contributed by atoms with Crippen molar-refractivity contribution in [3.05, 3.63) is 30.5 Å². The summed E-state index contributed by atoms with van der Waals surface area (Å²) in [7, 11) is 0. The lowest BCUT2D eigenvalue weighted by atomic mass is 10.2. The van der Waals surface area contributed by atoms with Gasteiger partial charge in [-0.3, -0.25) is 9.59 Å². The van der Waals surface area contributed by atoms with Crippen molar-refractivity contribution in [3.63, 3.8) is 0 Å². The van der Waals surface area contributed by atoms with Gasteiger partial charge in [-0.2, -0.15) is 9.78 Å². The molecule has 0 aliphatic rings. The van der Waals surface area contributed by atoms with E-state index < -0.39 is 0 Å². The van der Waals surface area contributed by atoms with Crippen molar-refractivity contribution < 1.29 is 9.59 Å². The van der Waals surface area contributed by atoms with Crippen molar-refractivity contribution in [3.8, 4) is 0 Å². The molecule has 0 atom stereocenters. The van der Waals surface area contributed by atoms with Gasteiger partial charge in [-0.25, -0.2) is 0 Å². The smallest absolute Gasteiger partial charge is 0.254 e. The molecule has 1 aromatic carbocycles. The van der Waals surface area contributed by atoms with Gasteiger partial charge in [0.25, 0.3) is 5.91 Å². The molecular weight excluding hydrogens is 192 g/mol. The summed E-state index contributed by atoms with van der Waals surface area (Å²) in [5.41, 5.74) is 0.740. The summed E-state index contributed by atoms with van der Waals surface area (Å²) in [5, 5.41) is 4.86. The number of rotatable bonds is 2. The number of nitrogens with zero attached hydrogens (tertiary/aromatic N) is 2. The average molecular weight is 202 g/mol. The van der Waals surface area contributed by atoms with E-state index in [1.54, 1.807) is 12.3 Å². The van der Waals surface area contributed by atoms with Crippen molar-refractivity contribution >= 4 is 22.6 Å². The summed E-state index contributed by atoms with van der Waals surface area (Å²) in [5.74, 6) is -0.441. The maximum Gasteiger partial charge on any atom is 0.254 e. The Morgan fingerprint density at radius 2 is 2.07 bits per heavy atom. The molecule has 4 heteroatoms. The molecular formula is C11H10N2O2. The highest BCUT2D eigenvalue weighted by atomic mass is 16.2. The van der Waals surface area contributed by atoms with Crippen LogP contribution in [0, 0.1) is 0 Å². The molecule has 0 radical (unpaired) electrons. The molecule has 1 heterocycles. The predicted molar refractivity (Wildman–Crippen MR) is 55.7 cm³/mol. The zero-order valence-electron chi connectivity index (χ0n) is 8.30. The molecule has 0 N–H and O–H groups in total. The highest BCUT2D eigenvalue weighted by Crippen LogP contribution is 2.12. The maximum atomic E-state index is 11.6. The van der Waals surface area contributed by atoms with Crippen LogP contribution in [0.3, 0.4) is 0 Å². The third-order valence-corrected chi connectivity index (χ3v) is 2.11. The van der Waals surface area contributed by atoms with Crippen LogP contribution in [0.25, 0.3) is 10.9 Å². The number of hydrogen-bond donors (Lipinski definition) is 0. The van der Waals surface area contributed by atoms with Crippen LogP contribution in [0.1, 0.15) is 18.1 Å². The highest BCUT2D eigenvalue weighted by Gasteiger charge is 2.11. The van der Waals surface area contributed by atoms with Crippen LogP contribution >= 0.6 is 0 Å². The van der Waals surface area contributed by atoms with Crippen LogP contribution in [0.15, 0.2) is 30.5 Å². The summed E-state index contributed by atoms with van der Waals surface area (Å²) in [6, 6.07) is 7.39. The molecule has 15 heavy (non-hydrogen) atoms. The zero-order valence-corrected chi connectivity index (χ0v) is 8.30. The minimum atomic E-state index is -0.288. The topological polar surface area (TPSA) is 52.0 Å². The van der Waals surface area contributed by atoms with Gasteiger partial charge >= 0.3 is 0 Å². The summed E-state index contributed by atoms with van der Waals surface area (Å²) in [6.07, 6.45) is 1.51. The lowest BCUT2D eigenvalue weighted by molar-refractivity contribution is -0.116. The molecule has 0 aliphatic carbocycles. The van der Waals surface area contributed by atoms with E-state index in [1.807, 2.05) is 18.2 Å².